The van der Waals surface area contributed by atoms with E-state index in [4.69, 9.17) is 0 Å². The first kappa shape index (κ1) is 19.2. The first-order chi connectivity index (χ1) is 13.9. The highest BCUT2D eigenvalue weighted by Crippen LogP contribution is 2.30. The van der Waals surface area contributed by atoms with E-state index < -0.39 is 11.7 Å². The molecular weight excluding hydrogens is 375 g/mol. The summed E-state index contributed by atoms with van der Waals surface area (Å²) in [5, 5.41) is 1.10. The molecule has 0 saturated heterocycles. The van der Waals surface area contributed by atoms with E-state index in [1.54, 1.807) is 6.20 Å². The zero-order chi connectivity index (χ0) is 20.4. The Hall–Kier alpha value is -3.15. The van der Waals surface area contributed by atoms with Crippen LogP contribution in [0.3, 0.4) is 0 Å². The number of aromatic nitrogens is 3. The van der Waals surface area contributed by atoms with Crippen molar-refractivity contribution in [3.8, 4) is 0 Å². The van der Waals surface area contributed by atoms with Crippen molar-refractivity contribution < 1.29 is 13.2 Å². The lowest BCUT2D eigenvalue weighted by molar-refractivity contribution is -0.137. The van der Waals surface area contributed by atoms with Gasteiger partial charge >= 0.3 is 6.18 Å². The second-order valence-corrected chi connectivity index (χ2v) is 7.14. The maximum atomic E-state index is 12.6. The van der Waals surface area contributed by atoms with Gasteiger partial charge in [0.05, 0.1) is 5.56 Å². The fourth-order valence-corrected chi connectivity index (χ4v) is 3.49. The van der Waals surface area contributed by atoms with Crippen LogP contribution in [0.1, 0.15) is 40.8 Å². The molecule has 148 valence electrons. The predicted molar refractivity (Wildman–Crippen MR) is 107 cm³/mol. The smallest absolute Gasteiger partial charge is 0.346 e. The molecule has 1 aromatic carbocycles. The van der Waals surface area contributed by atoms with Crippen LogP contribution in [0.5, 0.6) is 0 Å². The number of aryl methyl sites for hydroxylation is 2. The topological polar surface area (TPSA) is 41.6 Å². The van der Waals surface area contributed by atoms with Crippen molar-refractivity contribution in [1.82, 2.24) is 15.0 Å². The van der Waals surface area contributed by atoms with Crippen LogP contribution in [0.2, 0.25) is 0 Å². The third-order valence-electron chi connectivity index (χ3n) is 5.25. The lowest BCUT2D eigenvalue weighted by Crippen LogP contribution is -2.04. The maximum Gasteiger partial charge on any atom is 0.416 e. The Morgan fingerprint density at radius 1 is 0.966 bits per heavy atom. The molecule has 1 atom stereocenters. The first-order valence-corrected chi connectivity index (χ1v) is 9.45. The maximum absolute atomic E-state index is 12.6. The number of nitrogens with zero attached hydrogens (tertiary/aromatic N) is 2. The molecule has 0 spiro atoms. The van der Waals surface area contributed by atoms with E-state index in [-0.39, 0.29) is 5.92 Å². The SMILES string of the molecule is CC(c1ccc(CCc2ccc(C(F)(F)F)cc2)nc1)c1c[nH]c2ncccc12. The third-order valence-corrected chi connectivity index (χ3v) is 5.25. The lowest BCUT2D eigenvalue weighted by atomic mass is 9.94. The number of rotatable bonds is 5. The summed E-state index contributed by atoms with van der Waals surface area (Å²) in [5.41, 5.74) is 4.31. The number of halogens is 3. The zero-order valence-corrected chi connectivity index (χ0v) is 15.9. The highest BCUT2D eigenvalue weighted by Gasteiger charge is 2.29. The Morgan fingerprint density at radius 3 is 2.45 bits per heavy atom. The van der Waals surface area contributed by atoms with Gasteiger partial charge in [0.1, 0.15) is 5.65 Å². The number of pyridine rings is 2. The molecule has 0 aliphatic heterocycles. The Balaban J connectivity index is 1.43. The van der Waals surface area contributed by atoms with Gasteiger partial charge < -0.3 is 4.98 Å². The van der Waals surface area contributed by atoms with Crippen LogP contribution in [0.25, 0.3) is 11.0 Å². The molecule has 29 heavy (non-hydrogen) atoms. The van der Waals surface area contributed by atoms with E-state index in [2.05, 4.69) is 34.0 Å². The molecule has 1 unspecified atom stereocenters. The monoisotopic (exact) mass is 395 g/mol. The lowest BCUT2D eigenvalue weighted by Gasteiger charge is -2.12. The van der Waals surface area contributed by atoms with E-state index in [1.807, 2.05) is 24.5 Å². The van der Waals surface area contributed by atoms with E-state index in [0.29, 0.717) is 12.8 Å². The van der Waals surface area contributed by atoms with E-state index in [9.17, 15) is 13.2 Å². The van der Waals surface area contributed by atoms with Crippen molar-refractivity contribution in [2.24, 2.45) is 0 Å². The van der Waals surface area contributed by atoms with Crippen LogP contribution in [0.15, 0.2) is 67.1 Å². The largest absolute Gasteiger partial charge is 0.416 e. The quantitative estimate of drug-likeness (QED) is 0.456. The standard InChI is InChI=1S/C23H20F3N3/c1-15(21-14-29-22-20(21)3-2-12-27-22)17-7-11-19(28-13-17)10-6-16-4-8-18(9-5-16)23(24,25)26/h2-5,7-9,11-15H,6,10H2,1H3,(H,27,29). The number of benzene rings is 1. The predicted octanol–water partition coefficient (Wildman–Crippen LogP) is 5.91. The minimum absolute atomic E-state index is 0.171. The number of nitrogens with one attached hydrogen (secondary N) is 1. The summed E-state index contributed by atoms with van der Waals surface area (Å²) in [7, 11) is 0. The number of alkyl halides is 3. The fraction of sp³-hybridized carbons (Fsp3) is 0.217. The van der Waals surface area contributed by atoms with Gasteiger partial charge in [-0.3, -0.25) is 4.98 Å². The fourth-order valence-electron chi connectivity index (χ4n) is 3.49. The van der Waals surface area contributed by atoms with Gasteiger partial charge in [0.25, 0.3) is 0 Å². The first-order valence-electron chi connectivity index (χ1n) is 9.45. The van der Waals surface area contributed by atoms with Gasteiger partial charge in [-0.25, -0.2) is 4.98 Å². The summed E-state index contributed by atoms with van der Waals surface area (Å²) in [6.07, 6.45) is 2.65. The van der Waals surface area contributed by atoms with Gasteiger partial charge in [0.2, 0.25) is 0 Å². The third kappa shape index (κ3) is 4.16. The van der Waals surface area contributed by atoms with Crippen LogP contribution in [0.4, 0.5) is 13.2 Å². The van der Waals surface area contributed by atoms with Crippen LogP contribution in [-0.4, -0.2) is 15.0 Å². The van der Waals surface area contributed by atoms with Crippen LogP contribution < -0.4 is 0 Å². The number of aromatic amines is 1. The molecule has 3 aromatic heterocycles. The zero-order valence-electron chi connectivity index (χ0n) is 15.9. The minimum Gasteiger partial charge on any atom is -0.346 e. The van der Waals surface area contributed by atoms with Crippen molar-refractivity contribution in [3.63, 3.8) is 0 Å². The van der Waals surface area contributed by atoms with E-state index in [0.717, 1.165) is 40.0 Å². The molecule has 0 aliphatic carbocycles. The normalized spacial score (nSPS) is 13.0. The molecule has 0 bridgehead atoms. The molecule has 3 heterocycles. The number of H-pyrrole nitrogens is 1. The van der Waals surface area contributed by atoms with Gasteiger partial charge in [-0.15, -0.1) is 0 Å². The summed E-state index contributed by atoms with van der Waals surface area (Å²) in [5.74, 6) is 0.171. The van der Waals surface area contributed by atoms with Crippen molar-refractivity contribution >= 4 is 11.0 Å². The Labute approximate surface area is 166 Å². The molecule has 0 amide bonds. The molecule has 4 aromatic rings. The van der Waals surface area contributed by atoms with Crippen LogP contribution in [-0.2, 0) is 19.0 Å². The molecule has 6 heteroatoms. The second-order valence-electron chi connectivity index (χ2n) is 7.14. The summed E-state index contributed by atoms with van der Waals surface area (Å²) < 4.78 is 37.9. The summed E-state index contributed by atoms with van der Waals surface area (Å²) in [6, 6.07) is 13.4. The van der Waals surface area contributed by atoms with Gasteiger partial charge in [-0.05, 0) is 59.9 Å². The molecular formula is C23H20F3N3. The minimum atomic E-state index is -4.30. The number of fused-ring (bicyclic) bond motifs is 1. The number of hydrogen-bond acceptors (Lipinski definition) is 2. The molecule has 4 rings (SSSR count). The van der Waals surface area contributed by atoms with Gasteiger partial charge in [-0.1, -0.05) is 25.1 Å². The van der Waals surface area contributed by atoms with Gasteiger partial charge in [0, 0.05) is 35.6 Å². The second kappa shape index (κ2) is 7.70. The van der Waals surface area contributed by atoms with E-state index >= 15 is 0 Å². The van der Waals surface area contributed by atoms with Crippen LogP contribution >= 0.6 is 0 Å². The van der Waals surface area contributed by atoms with E-state index in [1.165, 1.54) is 17.7 Å². The summed E-state index contributed by atoms with van der Waals surface area (Å²) >= 11 is 0. The average Bonchev–Trinajstić information content (AvgIpc) is 3.16. The Bertz CT molecular complexity index is 1100. The number of hydrogen-bond donors (Lipinski definition) is 1. The molecule has 0 saturated carbocycles. The molecule has 0 radical (unpaired) electrons. The molecule has 3 nitrogen and oxygen atoms in total. The van der Waals surface area contributed by atoms with Gasteiger partial charge in [-0.2, -0.15) is 13.2 Å². The average molecular weight is 395 g/mol. The summed E-state index contributed by atoms with van der Waals surface area (Å²) in [6.45, 7) is 2.13. The van der Waals surface area contributed by atoms with Gasteiger partial charge in [0.15, 0.2) is 0 Å². The molecule has 1 N–H and O–H groups in total. The molecule has 0 fully saturated rings. The highest BCUT2D eigenvalue weighted by molar-refractivity contribution is 5.80. The Kier molecular flexibility index (Phi) is 5.09. The van der Waals surface area contributed by atoms with Crippen molar-refractivity contribution in [1.29, 1.82) is 0 Å². The van der Waals surface area contributed by atoms with Crippen molar-refractivity contribution in [3.05, 3.63) is 95.1 Å². The molecule has 0 aliphatic rings. The summed E-state index contributed by atoms with van der Waals surface area (Å²) in [4.78, 5) is 12.1. The van der Waals surface area contributed by atoms with Crippen molar-refractivity contribution in [2.45, 2.75) is 31.9 Å². The van der Waals surface area contributed by atoms with Crippen LogP contribution in [0, 0.1) is 0 Å². The Morgan fingerprint density at radius 2 is 1.76 bits per heavy atom. The van der Waals surface area contributed by atoms with Crippen molar-refractivity contribution in [2.75, 3.05) is 0 Å². The highest BCUT2D eigenvalue weighted by atomic mass is 19.4.